The standard InChI is InChI=1S/C28H33N3O4S/c1-22(2)29-28(33)26(19-23-13-7-4-8-14-23)30(20-24-15-9-5-10-16-24)27(32)21-31(36(3,34)35)25-17-11-6-12-18-25/h4-18,22,26H,19-21H2,1-3H3,(H,29,33). The van der Waals surface area contributed by atoms with Crippen LogP contribution in [0.15, 0.2) is 91.0 Å². The minimum Gasteiger partial charge on any atom is -0.352 e. The number of anilines is 1. The van der Waals surface area contributed by atoms with E-state index >= 15 is 0 Å². The Balaban J connectivity index is 2.02. The summed E-state index contributed by atoms with van der Waals surface area (Å²) in [5, 5.41) is 2.93. The Hall–Kier alpha value is -3.65. The Morgan fingerprint density at radius 1 is 0.806 bits per heavy atom. The fourth-order valence-electron chi connectivity index (χ4n) is 3.92. The van der Waals surface area contributed by atoms with Crippen molar-refractivity contribution in [3.05, 3.63) is 102 Å². The molecule has 0 aromatic heterocycles. The molecule has 1 N–H and O–H groups in total. The van der Waals surface area contributed by atoms with Crippen LogP contribution in [0.2, 0.25) is 0 Å². The minimum atomic E-state index is -3.76. The first-order valence-electron chi connectivity index (χ1n) is 11.9. The predicted octanol–water partition coefficient (Wildman–Crippen LogP) is 3.62. The summed E-state index contributed by atoms with van der Waals surface area (Å²) in [6.07, 6.45) is 1.36. The van der Waals surface area contributed by atoms with Crippen molar-refractivity contribution in [2.75, 3.05) is 17.1 Å². The lowest BCUT2D eigenvalue weighted by atomic mass is 10.0. The summed E-state index contributed by atoms with van der Waals surface area (Å²) in [7, 11) is -3.76. The molecule has 3 rings (SSSR count). The maximum Gasteiger partial charge on any atom is 0.244 e. The molecule has 3 aromatic carbocycles. The number of hydrogen-bond donors (Lipinski definition) is 1. The summed E-state index contributed by atoms with van der Waals surface area (Å²) in [5.41, 5.74) is 2.13. The predicted molar refractivity (Wildman–Crippen MR) is 143 cm³/mol. The van der Waals surface area contributed by atoms with Crippen LogP contribution in [-0.2, 0) is 32.6 Å². The van der Waals surface area contributed by atoms with E-state index in [2.05, 4.69) is 5.32 Å². The number of amides is 2. The van der Waals surface area contributed by atoms with Crippen LogP contribution in [0.1, 0.15) is 25.0 Å². The van der Waals surface area contributed by atoms with Crippen LogP contribution in [0.4, 0.5) is 5.69 Å². The topological polar surface area (TPSA) is 86.8 Å². The van der Waals surface area contributed by atoms with E-state index in [-0.39, 0.29) is 18.5 Å². The van der Waals surface area contributed by atoms with Gasteiger partial charge in [-0.05, 0) is 37.1 Å². The number of carbonyl (C=O) groups is 2. The fourth-order valence-corrected chi connectivity index (χ4v) is 4.77. The van der Waals surface area contributed by atoms with Gasteiger partial charge in [-0.15, -0.1) is 0 Å². The van der Waals surface area contributed by atoms with Crippen molar-refractivity contribution >= 4 is 27.5 Å². The second kappa shape index (κ2) is 12.4. The van der Waals surface area contributed by atoms with Gasteiger partial charge in [0, 0.05) is 19.0 Å². The monoisotopic (exact) mass is 507 g/mol. The second-order valence-corrected chi connectivity index (χ2v) is 10.9. The molecule has 36 heavy (non-hydrogen) atoms. The van der Waals surface area contributed by atoms with Gasteiger partial charge < -0.3 is 10.2 Å². The first kappa shape index (κ1) is 26.9. The van der Waals surface area contributed by atoms with Gasteiger partial charge >= 0.3 is 0 Å². The first-order chi connectivity index (χ1) is 17.1. The number of rotatable bonds is 11. The van der Waals surface area contributed by atoms with E-state index in [1.807, 2.05) is 74.5 Å². The Labute approximate surface area is 213 Å². The minimum absolute atomic E-state index is 0.124. The van der Waals surface area contributed by atoms with Crippen LogP contribution in [0, 0.1) is 0 Å². The van der Waals surface area contributed by atoms with Crippen molar-refractivity contribution in [2.45, 2.75) is 38.9 Å². The zero-order chi connectivity index (χ0) is 26.1. The molecule has 8 heteroatoms. The molecule has 0 heterocycles. The van der Waals surface area contributed by atoms with Gasteiger partial charge in [0.2, 0.25) is 21.8 Å². The van der Waals surface area contributed by atoms with E-state index in [1.54, 1.807) is 30.3 Å². The zero-order valence-electron chi connectivity index (χ0n) is 20.9. The van der Waals surface area contributed by atoms with Crippen molar-refractivity contribution in [3.63, 3.8) is 0 Å². The van der Waals surface area contributed by atoms with E-state index in [4.69, 9.17) is 0 Å². The molecule has 0 radical (unpaired) electrons. The Bertz CT molecular complexity index is 1230. The molecule has 0 bridgehead atoms. The van der Waals surface area contributed by atoms with Crippen LogP contribution in [0.3, 0.4) is 0 Å². The fraction of sp³-hybridized carbons (Fsp3) is 0.286. The van der Waals surface area contributed by atoms with Gasteiger partial charge in [0.05, 0.1) is 11.9 Å². The molecule has 190 valence electrons. The normalized spacial score (nSPS) is 12.1. The van der Waals surface area contributed by atoms with E-state index in [1.165, 1.54) is 4.90 Å². The molecule has 1 unspecified atom stereocenters. The van der Waals surface area contributed by atoms with Crippen molar-refractivity contribution in [3.8, 4) is 0 Å². The summed E-state index contributed by atoms with van der Waals surface area (Å²) < 4.78 is 26.4. The van der Waals surface area contributed by atoms with Crippen molar-refractivity contribution in [2.24, 2.45) is 0 Å². The maximum absolute atomic E-state index is 13.8. The zero-order valence-corrected chi connectivity index (χ0v) is 21.7. The largest absolute Gasteiger partial charge is 0.352 e. The Morgan fingerprint density at radius 3 is 1.81 bits per heavy atom. The van der Waals surface area contributed by atoms with Crippen LogP contribution in [-0.4, -0.2) is 50.0 Å². The molecule has 1 atom stereocenters. The first-order valence-corrected chi connectivity index (χ1v) is 13.7. The van der Waals surface area contributed by atoms with Gasteiger partial charge in [0.15, 0.2) is 0 Å². The molecule has 2 amide bonds. The van der Waals surface area contributed by atoms with E-state index < -0.39 is 28.5 Å². The molecule has 0 saturated heterocycles. The SMILES string of the molecule is CC(C)NC(=O)C(Cc1ccccc1)N(Cc1ccccc1)C(=O)CN(c1ccccc1)S(C)(=O)=O. The summed E-state index contributed by atoms with van der Waals surface area (Å²) in [6.45, 7) is 3.47. The number of nitrogens with zero attached hydrogens (tertiary/aromatic N) is 2. The number of carbonyl (C=O) groups excluding carboxylic acids is 2. The van der Waals surface area contributed by atoms with Crippen molar-refractivity contribution in [1.82, 2.24) is 10.2 Å². The van der Waals surface area contributed by atoms with E-state index in [0.717, 1.165) is 21.7 Å². The highest BCUT2D eigenvalue weighted by Gasteiger charge is 2.33. The molecule has 3 aromatic rings. The van der Waals surface area contributed by atoms with Gasteiger partial charge in [-0.2, -0.15) is 0 Å². The van der Waals surface area contributed by atoms with Gasteiger partial charge in [-0.25, -0.2) is 8.42 Å². The molecule has 0 aliphatic carbocycles. The third-order valence-electron chi connectivity index (χ3n) is 5.62. The third kappa shape index (κ3) is 7.68. The molecule has 7 nitrogen and oxygen atoms in total. The lowest BCUT2D eigenvalue weighted by Gasteiger charge is -2.34. The van der Waals surface area contributed by atoms with Gasteiger partial charge in [-0.1, -0.05) is 78.9 Å². The van der Waals surface area contributed by atoms with E-state index in [9.17, 15) is 18.0 Å². The number of hydrogen-bond acceptors (Lipinski definition) is 4. The Morgan fingerprint density at radius 2 is 1.31 bits per heavy atom. The maximum atomic E-state index is 13.8. The second-order valence-electron chi connectivity index (χ2n) is 8.98. The quantitative estimate of drug-likeness (QED) is 0.430. The summed E-state index contributed by atoms with van der Waals surface area (Å²) in [4.78, 5) is 28.7. The van der Waals surface area contributed by atoms with Crippen LogP contribution in [0.25, 0.3) is 0 Å². The van der Waals surface area contributed by atoms with Crippen molar-refractivity contribution in [1.29, 1.82) is 0 Å². The summed E-state index contributed by atoms with van der Waals surface area (Å²) >= 11 is 0. The van der Waals surface area contributed by atoms with Crippen molar-refractivity contribution < 1.29 is 18.0 Å². The molecule has 0 aliphatic rings. The summed E-state index contributed by atoms with van der Waals surface area (Å²) in [6, 6.07) is 26.4. The highest BCUT2D eigenvalue weighted by Crippen LogP contribution is 2.20. The molecule has 0 spiro atoms. The number of benzene rings is 3. The average Bonchev–Trinajstić information content (AvgIpc) is 2.85. The third-order valence-corrected chi connectivity index (χ3v) is 6.76. The van der Waals surface area contributed by atoms with Gasteiger partial charge in [0.25, 0.3) is 0 Å². The summed E-state index contributed by atoms with van der Waals surface area (Å²) in [5.74, 6) is -0.753. The number of nitrogens with one attached hydrogen (secondary N) is 1. The van der Waals surface area contributed by atoms with Crippen LogP contribution < -0.4 is 9.62 Å². The lowest BCUT2D eigenvalue weighted by molar-refractivity contribution is -0.140. The number of para-hydroxylation sites is 1. The van der Waals surface area contributed by atoms with Crippen LogP contribution >= 0.6 is 0 Å². The average molecular weight is 508 g/mol. The van der Waals surface area contributed by atoms with Gasteiger partial charge in [0.1, 0.15) is 12.6 Å². The Kier molecular flexibility index (Phi) is 9.25. The van der Waals surface area contributed by atoms with Gasteiger partial charge in [-0.3, -0.25) is 13.9 Å². The number of sulfonamides is 1. The molecule has 0 aliphatic heterocycles. The van der Waals surface area contributed by atoms with E-state index in [0.29, 0.717) is 12.1 Å². The highest BCUT2D eigenvalue weighted by molar-refractivity contribution is 7.92. The van der Waals surface area contributed by atoms with Crippen LogP contribution in [0.5, 0.6) is 0 Å². The highest BCUT2D eigenvalue weighted by atomic mass is 32.2. The molecular weight excluding hydrogens is 474 g/mol. The molecular formula is C28H33N3O4S. The molecule has 0 saturated carbocycles. The lowest BCUT2D eigenvalue weighted by Crippen LogP contribution is -2.54. The molecule has 0 fully saturated rings. The smallest absolute Gasteiger partial charge is 0.244 e.